The standard InChI is InChI=1S/C20H25NO3/c1-4-12-23-17-10-7-9-16(14-17)21-20(22)19(5-2)24-18-11-6-8-15(3)13-18/h6-11,13-14,19H,4-5,12H2,1-3H3,(H,21,22). The molecule has 0 radical (unpaired) electrons. The van der Waals surface area contributed by atoms with Crippen molar-refractivity contribution < 1.29 is 14.3 Å². The van der Waals surface area contributed by atoms with Crippen molar-refractivity contribution >= 4 is 11.6 Å². The van der Waals surface area contributed by atoms with E-state index in [4.69, 9.17) is 9.47 Å². The summed E-state index contributed by atoms with van der Waals surface area (Å²) in [5.74, 6) is 1.30. The van der Waals surface area contributed by atoms with E-state index in [0.717, 1.165) is 17.7 Å². The van der Waals surface area contributed by atoms with E-state index in [1.165, 1.54) is 0 Å². The van der Waals surface area contributed by atoms with Crippen LogP contribution in [0.1, 0.15) is 32.3 Å². The van der Waals surface area contributed by atoms with Gasteiger partial charge in [-0.25, -0.2) is 0 Å². The number of carbonyl (C=O) groups excluding carboxylic acids is 1. The maximum Gasteiger partial charge on any atom is 0.265 e. The van der Waals surface area contributed by atoms with E-state index in [1.54, 1.807) is 0 Å². The SMILES string of the molecule is CCCOc1cccc(NC(=O)C(CC)Oc2cccc(C)c2)c1. The van der Waals surface area contributed by atoms with Gasteiger partial charge in [0.25, 0.3) is 5.91 Å². The van der Waals surface area contributed by atoms with Crippen molar-refractivity contribution in [3.05, 3.63) is 54.1 Å². The molecule has 24 heavy (non-hydrogen) atoms. The first-order chi connectivity index (χ1) is 11.6. The van der Waals surface area contributed by atoms with Gasteiger partial charge >= 0.3 is 0 Å². The van der Waals surface area contributed by atoms with Gasteiger partial charge in [-0.05, 0) is 49.6 Å². The van der Waals surface area contributed by atoms with Crippen molar-refractivity contribution in [3.63, 3.8) is 0 Å². The molecule has 0 aliphatic carbocycles. The van der Waals surface area contributed by atoms with Crippen molar-refractivity contribution in [2.45, 2.75) is 39.7 Å². The first-order valence-electron chi connectivity index (χ1n) is 8.39. The lowest BCUT2D eigenvalue weighted by atomic mass is 10.2. The number of amides is 1. The Morgan fingerprint density at radius 1 is 1.08 bits per heavy atom. The number of rotatable bonds is 8. The molecule has 0 fully saturated rings. The molecule has 2 rings (SSSR count). The van der Waals surface area contributed by atoms with Crippen LogP contribution in [-0.2, 0) is 4.79 Å². The number of hydrogen-bond donors (Lipinski definition) is 1. The third-order valence-corrected chi connectivity index (χ3v) is 3.51. The fraction of sp³-hybridized carbons (Fsp3) is 0.350. The minimum Gasteiger partial charge on any atom is -0.494 e. The van der Waals surface area contributed by atoms with Crippen LogP contribution in [0.15, 0.2) is 48.5 Å². The lowest BCUT2D eigenvalue weighted by Crippen LogP contribution is -2.32. The number of ether oxygens (including phenoxy) is 2. The fourth-order valence-corrected chi connectivity index (χ4v) is 2.28. The molecule has 0 aliphatic heterocycles. The predicted molar refractivity (Wildman–Crippen MR) is 96.7 cm³/mol. The fourth-order valence-electron chi connectivity index (χ4n) is 2.28. The average molecular weight is 327 g/mol. The Balaban J connectivity index is 2.01. The molecule has 1 amide bonds. The maximum absolute atomic E-state index is 12.5. The zero-order chi connectivity index (χ0) is 17.4. The Bertz CT molecular complexity index is 669. The van der Waals surface area contributed by atoms with Gasteiger partial charge in [0.05, 0.1) is 6.61 Å². The molecule has 0 saturated carbocycles. The quantitative estimate of drug-likeness (QED) is 0.772. The number of anilines is 1. The number of benzene rings is 2. The summed E-state index contributed by atoms with van der Waals surface area (Å²) in [6.07, 6.45) is 0.997. The Kier molecular flexibility index (Phi) is 6.67. The summed E-state index contributed by atoms with van der Waals surface area (Å²) in [6, 6.07) is 15.1. The van der Waals surface area contributed by atoms with E-state index in [2.05, 4.69) is 12.2 Å². The Morgan fingerprint density at radius 2 is 1.83 bits per heavy atom. The summed E-state index contributed by atoms with van der Waals surface area (Å²) in [5.41, 5.74) is 1.81. The van der Waals surface area contributed by atoms with Crippen molar-refractivity contribution in [2.75, 3.05) is 11.9 Å². The molecule has 0 spiro atoms. The van der Waals surface area contributed by atoms with Gasteiger partial charge < -0.3 is 14.8 Å². The zero-order valence-electron chi connectivity index (χ0n) is 14.5. The monoisotopic (exact) mass is 327 g/mol. The second kappa shape index (κ2) is 8.96. The van der Waals surface area contributed by atoms with Gasteiger partial charge in [0.1, 0.15) is 11.5 Å². The molecule has 0 aromatic heterocycles. The van der Waals surface area contributed by atoms with Gasteiger partial charge in [0.15, 0.2) is 6.10 Å². The largest absolute Gasteiger partial charge is 0.494 e. The molecule has 4 nitrogen and oxygen atoms in total. The molecule has 0 aliphatic rings. The van der Waals surface area contributed by atoms with Gasteiger partial charge in [-0.15, -0.1) is 0 Å². The summed E-state index contributed by atoms with van der Waals surface area (Å²) in [4.78, 5) is 12.5. The minimum absolute atomic E-state index is 0.161. The molecular weight excluding hydrogens is 302 g/mol. The summed E-state index contributed by atoms with van der Waals surface area (Å²) >= 11 is 0. The molecule has 0 saturated heterocycles. The predicted octanol–water partition coefficient (Wildman–Crippen LogP) is 4.58. The van der Waals surface area contributed by atoms with Gasteiger partial charge in [-0.3, -0.25) is 4.79 Å². The maximum atomic E-state index is 12.5. The first-order valence-corrected chi connectivity index (χ1v) is 8.39. The molecule has 1 N–H and O–H groups in total. The molecule has 0 bridgehead atoms. The van der Waals surface area contributed by atoms with Gasteiger partial charge in [0, 0.05) is 11.8 Å². The highest BCUT2D eigenvalue weighted by Crippen LogP contribution is 2.20. The second-order valence-corrected chi connectivity index (χ2v) is 5.70. The van der Waals surface area contributed by atoms with Crippen molar-refractivity contribution in [1.82, 2.24) is 0 Å². The van der Waals surface area contributed by atoms with E-state index < -0.39 is 6.10 Å². The van der Waals surface area contributed by atoms with Crippen LogP contribution in [-0.4, -0.2) is 18.6 Å². The number of hydrogen-bond acceptors (Lipinski definition) is 3. The van der Waals surface area contributed by atoms with E-state index in [0.29, 0.717) is 24.5 Å². The van der Waals surface area contributed by atoms with Gasteiger partial charge in [-0.1, -0.05) is 32.0 Å². The lowest BCUT2D eigenvalue weighted by molar-refractivity contribution is -0.122. The zero-order valence-corrected chi connectivity index (χ0v) is 14.5. The van der Waals surface area contributed by atoms with Crippen LogP contribution in [0.4, 0.5) is 5.69 Å². The van der Waals surface area contributed by atoms with E-state index in [-0.39, 0.29) is 5.91 Å². The minimum atomic E-state index is -0.535. The van der Waals surface area contributed by atoms with Crippen LogP contribution in [0, 0.1) is 6.92 Å². The number of nitrogens with one attached hydrogen (secondary N) is 1. The summed E-state index contributed by atoms with van der Waals surface area (Å²) in [6.45, 7) is 6.64. The van der Waals surface area contributed by atoms with E-state index >= 15 is 0 Å². The normalized spacial score (nSPS) is 11.6. The second-order valence-electron chi connectivity index (χ2n) is 5.70. The summed E-state index contributed by atoms with van der Waals surface area (Å²) in [7, 11) is 0. The van der Waals surface area contributed by atoms with Gasteiger partial charge in [0.2, 0.25) is 0 Å². The number of carbonyl (C=O) groups is 1. The molecule has 2 aromatic rings. The van der Waals surface area contributed by atoms with Crippen LogP contribution >= 0.6 is 0 Å². The molecule has 1 atom stereocenters. The van der Waals surface area contributed by atoms with Crippen molar-refractivity contribution in [1.29, 1.82) is 0 Å². The van der Waals surface area contributed by atoms with Crippen LogP contribution in [0.5, 0.6) is 11.5 Å². The third kappa shape index (κ3) is 5.30. The molecule has 2 aromatic carbocycles. The highest BCUT2D eigenvalue weighted by molar-refractivity contribution is 5.94. The highest BCUT2D eigenvalue weighted by atomic mass is 16.5. The Labute approximate surface area is 143 Å². The smallest absolute Gasteiger partial charge is 0.265 e. The first kappa shape index (κ1) is 17.9. The number of aryl methyl sites for hydroxylation is 1. The van der Waals surface area contributed by atoms with Crippen molar-refractivity contribution in [3.8, 4) is 11.5 Å². The topological polar surface area (TPSA) is 47.6 Å². The average Bonchev–Trinajstić information content (AvgIpc) is 2.58. The molecule has 1 unspecified atom stereocenters. The van der Waals surface area contributed by atoms with E-state index in [9.17, 15) is 4.79 Å². The Morgan fingerprint density at radius 3 is 2.54 bits per heavy atom. The van der Waals surface area contributed by atoms with Crippen LogP contribution in [0.2, 0.25) is 0 Å². The highest BCUT2D eigenvalue weighted by Gasteiger charge is 2.18. The molecular formula is C20H25NO3. The van der Waals surface area contributed by atoms with E-state index in [1.807, 2.05) is 62.4 Å². The van der Waals surface area contributed by atoms with Crippen LogP contribution in [0.3, 0.4) is 0 Å². The summed E-state index contributed by atoms with van der Waals surface area (Å²) < 4.78 is 11.4. The summed E-state index contributed by atoms with van der Waals surface area (Å²) in [5, 5.41) is 2.90. The molecule has 4 heteroatoms. The van der Waals surface area contributed by atoms with Crippen molar-refractivity contribution in [2.24, 2.45) is 0 Å². The third-order valence-electron chi connectivity index (χ3n) is 3.51. The van der Waals surface area contributed by atoms with Crippen LogP contribution < -0.4 is 14.8 Å². The van der Waals surface area contributed by atoms with Crippen LogP contribution in [0.25, 0.3) is 0 Å². The lowest BCUT2D eigenvalue weighted by Gasteiger charge is -2.18. The Hall–Kier alpha value is -2.49. The molecule has 0 heterocycles. The van der Waals surface area contributed by atoms with Gasteiger partial charge in [-0.2, -0.15) is 0 Å². The molecule has 128 valence electrons.